The third-order valence-electron chi connectivity index (χ3n) is 3.02. The number of nitrogens with one attached hydrogen (secondary N) is 1. The van der Waals surface area contributed by atoms with Gasteiger partial charge < -0.3 is 4.42 Å². The van der Waals surface area contributed by atoms with E-state index in [-0.39, 0.29) is 10.7 Å². The Morgan fingerprint density at radius 3 is 2.55 bits per heavy atom. The van der Waals surface area contributed by atoms with Gasteiger partial charge in [0, 0.05) is 4.47 Å². The summed E-state index contributed by atoms with van der Waals surface area (Å²) in [6.07, 6.45) is 2.86. The summed E-state index contributed by atoms with van der Waals surface area (Å²) in [6.45, 7) is 0. The zero-order chi connectivity index (χ0) is 15.7. The quantitative estimate of drug-likeness (QED) is 0.497. The van der Waals surface area contributed by atoms with Crippen LogP contribution >= 0.6 is 28.1 Å². The molecule has 1 fully saturated rings. The van der Waals surface area contributed by atoms with E-state index in [1.165, 1.54) is 17.2 Å². The lowest BCUT2D eigenvalue weighted by Gasteiger charge is -2.28. The van der Waals surface area contributed by atoms with Gasteiger partial charge in [0.1, 0.15) is 11.3 Å². The highest BCUT2D eigenvalue weighted by atomic mass is 79.9. The largest absolute Gasteiger partial charge is 0.465 e. The fourth-order valence-electron chi connectivity index (χ4n) is 2.00. The van der Waals surface area contributed by atoms with Crippen molar-refractivity contribution < 1.29 is 14.0 Å². The van der Waals surface area contributed by atoms with Gasteiger partial charge in [0.15, 0.2) is 5.11 Å². The van der Waals surface area contributed by atoms with E-state index in [4.69, 9.17) is 16.6 Å². The van der Waals surface area contributed by atoms with Crippen molar-refractivity contribution >= 4 is 56.8 Å². The third-order valence-corrected chi connectivity index (χ3v) is 3.83. The molecule has 0 aliphatic carbocycles. The minimum atomic E-state index is -0.542. The Labute approximate surface area is 139 Å². The van der Waals surface area contributed by atoms with Crippen molar-refractivity contribution in [3.63, 3.8) is 0 Å². The number of anilines is 1. The Morgan fingerprint density at radius 1 is 1.18 bits per heavy atom. The highest BCUT2D eigenvalue weighted by molar-refractivity contribution is 9.10. The van der Waals surface area contributed by atoms with Gasteiger partial charge in [-0.3, -0.25) is 19.8 Å². The zero-order valence-corrected chi connectivity index (χ0v) is 13.5. The van der Waals surface area contributed by atoms with E-state index in [1.807, 2.05) is 0 Å². The molecule has 110 valence electrons. The summed E-state index contributed by atoms with van der Waals surface area (Å²) in [5.41, 5.74) is 0.537. The normalized spacial score (nSPS) is 17.0. The predicted molar refractivity (Wildman–Crippen MR) is 89.1 cm³/mol. The fourth-order valence-corrected chi connectivity index (χ4v) is 2.54. The van der Waals surface area contributed by atoms with Crippen LogP contribution in [0.1, 0.15) is 5.76 Å². The summed E-state index contributed by atoms with van der Waals surface area (Å²) in [5.74, 6) is -0.616. The molecule has 2 heterocycles. The van der Waals surface area contributed by atoms with E-state index in [2.05, 4.69) is 21.2 Å². The molecule has 0 atom stereocenters. The van der Waals surface area contributed by atoms with Crippen LogP contribution in [0, 0.1) is 0 Å². The molecule has 3 rings (SSSR count). The van der Waals surface area contributed by atoms with Crippen molar-refractivity contribution in [3.8, 4) is 0 Å². The SMILES string of the molecule is O=C1NC(=S)N(c2ccc(Br)cc2)C(=O)/C1=C/c1ccco1. The van der Waals surface area contributed by atoms with Crippen LogP contribution in [0.2, 0.25) is 0 Å². The summed E-state index contributed by atoms with van der Waals surface area (Å²) in [5, 5.41) is 2.56. The van der Waals surface area contributed by atoms with Gasteiger partial charge in [-0.15, -0.1) is 0 Å². The van der Waals surface area contributed by atoms with Crippen molar-refractivity contribution in [2.24, 2.45) is 0 Å². The second kappa shape index (κ2) is 5.86. The molecule has 1 aromatic heterocycles. The fraction of sp³-hybridized carbons (Fsp3) is 0. The van der Waals surface area contributed by atoms with Crippen molar-refractivity contribution in [3.05, 3.63) is 58.5 Å². The first-order valence-corrected chi connectivity index (χ1v) is 7.47. The van der Waals surface area contributed by atoms with Gasteiger partial charge in [0.05, 0.1) is 12.0 Å². The number of thiocarbonyl (C=S) groups is 1. The number of carbonyl (C=O) groups is 2. The standard InChI is InChI=1S/C15H9BrN2O3S/c16-9-3-5-10(6-4-9)18-14(20)12(13(19)17-15(18)22)8-11-2-1-7-21-11/h1-8H,(H,17,19,22)/b12-8+. The van der Waals surface area contributed by atoms with Crippen LogP contribution < -0.4 is 10.2 Å². The molecule has 0 spiro atoms. The highest BCUT2D eigenvalue weighted by Gasteiger charge is 2.34. The van der Waals surface area contributed by atoms with Crippen LogP contribution in [0.3, 0.4) is 0 Å². The maximum Gasteiger partial charge on any atom is 0.270 e. The Bertz CT molecular complexity index is 782. The smallest absolute Gasteiger partial charge is 0.270 e. The van der Waals surface area contributed by atoms with Crippen LogP contribution in [0.25, 0.3) is 6.08 Å². The molecule has 0 bridgehead atoms. The summed E-state index contributed by atoms with van der Waals surface area (Å²) >= 11 is 8.44. The topological polar surface area (TPSA) is 62.6 Å². The molecular weight excluding hydrogens is 368 g/mol. The zero-order valence-electron chi connectivity index (χ0n) is 11.1. The summed E-state index contributed by atoms with van der Waals surface area (Å²) < 4.78 is 6.03. The summed E-state index contributed by atoms with van der Waals surface area (Å²) in [6, 6.07) is 10.4. The number of nitrogens with zero attached hydrogens (tertiary/aromatic N) is 1. The van der Waals surface area contributed by atoms with Crippen LogP contribution in [0.4, 0.5) is 5.69 Å². The van der Waals surface area contributed by atoms with Crippen LogP contribution in [-0.2, 0) is 9.59 Å². The Balaban J connectivity index is 2.01. The van der Waals surface area contributed by atoms with E-state index in [9.17, 15) is 9.59 Å². The van der Waals surface area contributed by atoms with Gasteiger partial charge in [-0.05, 0) is 54.7 Å². The summed E-state index contributed by atoms with van der Waals surface area (Å²) in [7, 11) is 0. The van der Waals surface area contributed by atoms with Crippen molar-refractivity contribution in [1.29, 1.82) is 0 Å². The molecule has 1 N–H and O–H groups in total. The molecule has 5 nitrogen and oxygen atoms in total. The number of hydrogen-bond acceptors (Lipinski definition) is 4. The van der Waals surface area contributed by atoms with Crippen LogP contribution in [0.5, 0.6) is 0 Å². The van der Waals surface area contributed by atoms with Crippen LogP contribution in [-0.4, -0.2) is 16.9 Å². The lowest BCUT2D eigenvalue weighted by atomic mass is 10.1. The predicted octanol–water partition coefficient (Wildman–Crippen LogP) is 2.87. The molecule has 0 radical (unpaired) electrons. The highest BCUT2D eigenvalue weighted by Crippen LogP contribution is 2.23. The van der Waals surface area contributed by atoms with Gasteiger partial charge in [-0.25, -0.2) is 0 Å². The number of furan rings is 1. The Kier molecular flexibility index (Phi) is 3.91. The first-order chi connectivity index (χ1) is 10.6. The third kappa shape index (κ3) is 2.72. The molecule has 0 unspecified atom stereocenters. The lowest BCUT2D eigenvalue weighted by Crippen LogP contribution is -2.54. The van der Waals surface area contributed by atoms with Gasteiger partial charge >= 0.3 is 0 Å². The average molecular weight is 377 g/mol. The Hall–Kier alpha value is -2.25. The molecule has 1 aliphatic heterocycles. The number of rotatable bonds is 2. The molecule has 2 amide bonds. The number of benzene rings is 1. The summed E-state index contributed by atoms with van der Waals surface area (Å²) in [4.78, 5) is 25.9. The molecule has 1 saturated heterocycles. The minimum Gasteiger partial charge on any atom is -0.465 e. The van der Waals surface area contributed by atoms with E-state index in [1.54, 1.807) is 36.4 Å². The molecule has 7 heteroatoms. The minimum absolute atomic E-state index is 0.0357. The maximum atomic E-state index is 12.6. The van der Waals surface area contributed by atoms with Crippen molar-refractivity contribution in [2.75, 3.05) is 4.90 Å². The average Bonchev–Trinajstić information content (AvgIpc) is 2.98. The van der Waals surface area contributed by atoms with E-state index in [0.717, 1.165) is 4.47 Å². The first-order valence-electron chi connectivity index (χ1n) is 6.27. The number of halogens is 1. The second-order valence-corrected chi connectivity index (χ2v) is 5.75. The molecular formula is C15H9BrN2O3S. The van der Waals surface area contributed by atoms with Gasteiger partial charge in [-0.1, -0.05) is 15.9 Å². The number of carbonyl (C=O) groups excluding carboxylic acids is 2. The number of amides is 2. The maximum absolute atomic E-state index is 12.6. The molecule has 0 saturated carbocycles. The van der Waals surface area contributed by atoms with E-state index < -0.39 is 11.8 Å². The Morgan fingerprint density at radius 2 is 1.91 bits per heavy atom. The van der Waals surface area contributed by atoms with Crippen LogP contribution in [0.15, 0.2) is 57.1 Å². The monoisotopic (exact) mass is 376 g/mol. The second-order valence-electron chi connectivity index (χ2n) is 4.45. The van der Waals surface area contributed by atoms with Gasteiger partial charge in [-0.2, -0.15) is 0 Å². The lowest BCUT2D eigenvalue weighted by molar-refractivity contribution is -0.122. The molecule has 1 aromatic carbocycles. The molecule has 1 aliphatic rings. The van der Waals surface area contributed by atoms with Crippen molar-refractivity contribution in [2.45, 2.75) is 0 Å². The van der Waals surface area contributed by atoms with Gasteiger partial charge in [0.2, 0.25) is 0 Å². The van der Waals surface area contributed by atoms with Crippen molar-refractivity contribution in [1.82, 2.24) is 5.32 Å². The van der Waals surface area contributed by atoms with Gasteiger partial charge in [0.25, 0.3) is 11.8 Å². The molecule has 22 heavy (non-hydrogen) atoms. The van der Waals surface area contributed by atoms with E-state index in [0.29, 0.717) is 11.4 Å². The number of hydrogen-bond donors (Lipinski definition) is 1. The molecule has 2 aromatic rings. The van der Waals surface area contributed by atoms with E-state index >= 15 is 0 Å². The first kappa shape index (κ1) is 14.7.